The van der Waals surface area contributed by atoms with Crippen molar-refractivity contribution in [1.29, 1.82) is 0 Å². The summed E-state index contributed by atoms with van der Waals surface area (Å²) in [6.45, 7) is 0. The number of carbonyl (C=O) groups excluding carboxylic acids is 1. The molecule has 1 atom stereocenters. The Labute approximate surface area is 133 Å². The molecule has 5 heteroatoms. The second-order valence-electron chi connectivity index (χ2n) is 5.18. The van der Waals surface area contributed by atoms with E-state index in [2.05, 4.69) is 16.7 Å². The maximum atomic E-state index is 11.7. The van der Waals surface area contributed by atoms with Crippen LogP contribution in [0.15, 0.2) is 30.3 Å². The molecular formula is C16H17ClN2OS. The molecule has 0 spiro atoms. The van der Waals surface area contributed by atoms with Gasteiger partial charge in [0.05, 0.1) is 10.4 Å². The molecule has 0 fully saturated rings. The van der Waals surface area contributed by atoms with Gasteiger partial charge < -0.3 is 10.6 Å². The van der Waals surface area contributed by atoms with Crippen LogP contribution in [0.4, 0.5) is 5.69 Å². The molecule has 1 aliphatic rings. The lowest BCUT2D eigenvalue weighted by Crippen LogP contribution is -2.19. The molecule has 110 valence electrons. The number of hydrogen-bond acceptors (Lipinski definition) is 3. The van der Waals surface area contributed by atoms with E-state index in [1.165, 1.54) is 10.4 Å². The maximum absolute atomic E-state index is 11.7. The van der Waals surface area contributed by atoms with Gasteiger partial charge in [-0.25, -0.2) is 0 Å². The molecular weight excluding hydrogens is 304 g/mol. The van der Waals surface area contributed by atoms with E-state index in [4.69, 9.17) is 11.6 Å². The molecule has 2 N–H and O–H groups in total. The molecule has 3 nitrogen and oxygen atoms in total. The van der Waals surface area contributed by atoms with Crippen LogP contribution in [0.2, 0.25) is 4.34 Å². The van der Waals surface area contributed by atoms with Gasteiger partial charge in [0.2, 0.25) is 0 Å². The Morgan fingerprint density at radius 3 is 3.05 bits per heavy atom. The number of rotatable bonds is 3. The summed E-state index contributed by atoms with van der Waals surface area (Å²) in [6.07, 6.45) is 3.37. The van der Waals surface area contributed by atoms with Crippen molar-refractivity contribution in [3.8, 4) is 0 Å². The smallest absolute Gasteiger partial charge is 0.251 e. The van der Waals surface area contributed by atoms with Crippen molar-refractivity contribution < 1.29 is 4.79 Å². The normalized spacial score (nSPS) is 17.1. The first-order valence-electron chi connectivity index (χ1n) is 7.04. The molecule has 1 unspecified atom stereocenters. The van der Waals surface area contributed by atoms with Crippen LogP contribution in [0.1, 0.15) is 39.7 Å². The van der Waals surface area contributed by atoms with Gasteiger partial charge in [0, 0.05) is 23.2 Å². The molecule has 0 aliphatic heterocycles. The lowest BCUT2D eigenvalue weighted by Gasteiger charge is -2.24. The molecule has 1 aromatic carbocycles. The summed E-state index contributed by atoms with van der Waals surface area (Å²) in [5.41, 5.74) is 2.94. The lowest BCUT2D eigenvalue weighted by atomic mass is 9.94. The van der Waals surface area contributed by atoms with E-state index < -0.39 is 0 Å². The van der Waals surface area contributed by atoms with Crippen LogP contribution < -0.4 is 10.6 Å². The number of nitrogens with one attached hydrogen (secondary N) is 2. The van der Waals surface area contributed by atoms with E-state index in [-0.39, 0.29) is 11.9 Å². The molecule has 0 saturated carbocycles. The van der Waals surface area contributed by atoms with E-state index in [1.807, 2.05) is 24.3 Å². The molecule has 2 aromatic rings. The summed E-state index contributed by atoms with van der Waals surface area (Å²) < 4.78 is 0.854. The standard InChI is InChI=1S/C16H17ClN2OS/c1-18-16(20)10-4-2-5-11(8-10)19-13-6-3-7-14-12(13)9-15(17)21-14/h2,4-5,8-9,13,19H,3,6-7H2,1H3,(H,18,20). The summed E-state index contributed by atoms with van der Waals surface area (Å²) in [5, 5.41) is 6.19. The van der Waals surface area contributed by atoms with Crippen LogP contribution in [0.3, 0.4) is 0 Å². The maximum Gasteiger partial charge on any atom is 0.251 e. The van der Waals surface area contributed by atoms with Crippen molar-refractivity contribution in [2.75, 3.05) is 12.4 Å². The highest BCUT2D eigenvalue weighted by molar-refractivity contribution is 7.16. The van der Waals surface area contributed by atoms with Gasteiger partial charge in [-0.3, -0.25) is 4.79 Å². The Morgan fingerprint density at radius 2 is 2.24 bits per heavy atom. The first kappa shape index (κ1) is 14.4. The predicted octanol–water partition coefficient (Wildman–Crippen LogP) is 4.25. The monoisotopic (exact) mass is 320 g/mol. The fourth-order valence-corrected chi connectivity index (χ4v) is 4.15. The number of carbonyl (C=O) groups is 1. The molecule has 1 heterocycles. The number of thiophene rings is 1. The average Bonchev–Trinajstić information content (AvgIpc) is 2.88. The Balaban J connectivity index is 1.83. The molecule has 1 aliphatic carbocycles. The van der Waals surface area contributed by atoms with Gasteiger partial charge in [-0.15, -0.1) is 11.3 Å². The first-order chi connectivity index (χ1) is 10.2. The zero-order valence-electron chi connectivity index (χ0n) is 11.8. The number of anilines is 1. The van der Waals surface area contributed by atoms with Crippen molar-refractivity contribution in [2.45, 2.75) is 25.3 Å². The van der Waals surface area contributed by atoms with Crippen LogP contribution in [0.5, 0.6) is 0 Å². The molecule has 0 saturated heterocycles. The zero-order chi connectivity index (χ0) is 14.8. The quantitative estimate of drug-likeness (QED) is 0.887. The van der Waals surface area contributed by atoms with Crippen LogP contribution in [-0.2, 0) is 6.42 Å². The Morgan fingerprint density at radius 1 is 1.38 bits per heavy atom. The summed E-state index contributed by atoms with van der Waals surface area (Å²) in [5.74, 6) is -0.0680. The highest BCUT2D eigenvalue weighted by atomic mass is 35.5. The van der Waals surface area contributed by atoms with Crippen molar-refractivity contribution in [3.63, 3.8) is 0 Å². The molecule has 0 bridgehead atoms. The van der Waals surface area contributed by atoms with Gasteiger partial charge in [-0.2, -0.15) is 0 Å². The minimum Gasteiger partial charge on any atom is -0.378 e. The van der Waals surface area contributed by atoms with Crippen LogP contribution in [-0.4, -0.2) is 13.0 Å². The van der Waals surface area contributed by atoms with Crippen LogP contribution >= 0.6 is 22.9 Å². The van der Waals surface area contributed by atoms with Gasteiger partial charge in [-0.05, 0) is 49.1 Å². The second-order valence-corrected chi connectivity index (χ2v) is 6.95. The Kier molecular flexibility index (Phi) is 4.17. The van der Waals surface area contributed by atoms with E-state index in [9.17, 15) is 4.79 Å². The number of fused-ring (bicyclic) bond motifs is 1. The largest absolute Gasteiger partial charge is 0.378 e. The Hall–Kier alpha value is -1.52. The molecule has 21 heavy (non-hydrogen) atoms. The van der Waals surface area contributed by atoms with Crippen molar-refractivity contribution >= 4 is 34.5 Å². The number of halogens is 1. The first-order valence-corrected chi connectivity index (χ1v) is 8.23. The number of amides is 1. The van der Waals surface area contributed by atoms with E-state index in [0.29, 0.717) is 5.56 Å². The van der Waals surface area contributed by atoms with Crippen LogP contribution in [0, 0.1) is 0 Å². The zero-order valence-corrected chi connectivity index (χ0v) is 13.4. The van der Waals surface area contributed by atoms with Crippen LogP contribution in [0.25, 0.3) is 0 Å². The SMILES string of the molecule is CNC(=O)c1cccc(NC2CCCc3sc(Cl)cc32)c1. The summed E-state index contributed by atoms with van der Waals surface area (Å²) in [7, 11) is 1.64. The molecule has 0 radical (unpaired) electrons. The molecule has 1 aromatic heterocycles. The fourth-order valence-electron chi connectivity index (χ4n) is 2.77. The van der Waals surface area contributed by atoms with E-state index >= 15 is 0 Å². The Bertz CT molecular complexity index is 668. The fraction of sp³-hybridized carbons (Fsp3) is 0.312. The lowest BCUT2D eigenvalue weighted by molar-refractivity contribution is 0.0963. The third-order valence-corrected chi connectivity index (χ3v) is 5.12. The second kappa shape index (κ2) is 6.08. The molecule has 3 rings (SSSR count). The third-order valence-electron chi connectivity index (χ3n) is 3.78. The van der Waals surface area contributed by atoms with Gasteiger partial charge in [0.1, 0.15) is 0 Å². The van der Waals surface area contributed by atoms with E-state index in [1.54, 1.807) is 18.4 Å². The third kappa shape index (κ3) is 3.06. The minimum absolute atomic E-state index is 0.0680. The predicted molar refractivity (Wildman–Crippen MR) is 88.5 cm³/mol. The van der Waals surface area contributed by atoms with Gasteiger partial charge in [-0.1, -0.05) is 17.7 Å². The topological polar surface area (TPSA) is 41.1 Å². The van der Waals surface area contributed by atoms with E-state index in [0.717, 1.165) is 29.3 Å². The van der Waals surface area contributed by atoms with Crippen molar-refractivity contribution in [3.05, 3.63) is 50.7 Å². The number of benzene rings is 1. The van der Waals surface area contributed by atoms with Gasteiger partial charge in [0.15, 0.2) is 0 Å². The van der Waals surface area contributed by atoms with Gasteiger partial charge >= 0.3 is 0 Å². The molecule has 1 amide bonds. The minimum atomic E-state index is -0.0680. The summed E-state index contributed by atoms with van der Waals surface area (Å²) in [6, 6.07) is 9.95. The summed E-state index contributed by atoms with van der Waals surface area (Å²) in [4.78, 5) is 13.1. The highest BCUT2D eigenvalue weighted by Crippen LogP contribution is 2.39. The number of hydrogen-bond donors (Lipinski definition) is 2. The van der Waals surface area contributed by atoms with Gasteiger partial charge in [0.25, 0.3) is 5.91 Å². The highest BCUT2D eigenvalue weighted by Gasteiger charge is 2.22. The van der Waals surface area contributed by atoms with Crippen molar-refractivity contribution in [2.24, 2.45) is 0 Å². The summed E-state index contributed by atoms with van der Waals surface area (Å²) >= 11 is 7.82. The average molecular weight is 321 g/mol. The van der Waals surface area contributed by atoms with Crippen molar-refractivity contribution in [1.82, 2.24) is 5.32 Å². The number of aryl methyl sites for hydroxylation is 1.